The molecule has 17 heavy (non-hydrogen) atoms. The van der Waals surface area contributed by atoms with Crippen molar-refractivity contribution in [3.63, 3.8) is 0 Å². The molecule has 1 aromatic rings. The molecule has 0 bridgehead atoms. The molecular weight excluding hydrogens is 248 g/mol. The lowest BCUT2D eigenvalue weighted by Crippen LogP contribution is -2.06. The van der Waals surface area contributed by atoms with Gasteiger partial charge in [0.15, 0.2) is 5.78 Å². The summed E-state index contributed by atoms with van der Waals surface area (Å²) >= 11 is 0. The monoisotopic (exact) mass is 258 g/mol. The molecule has 0 saturated heterocycles. The van der Waals surface area contributed by atoms with E-state index in [1.807, 2.05) is 0 Å². The summed E-state index contributed by atoms with van der Waals surface area (Å²) in [6.45, 7) is 1.22. The molecule has 0 aromatic heterocycles. The van der Waals surface area contributed by atoms with E-state index in [1.54, 1.807) is 0 Å². The van der Waals surface area contributed by atoms with Crippen LogP contribution in [-0.4, -0.2) is 29.6 Å². The molecule has 6 nitrogen and oxygen atoms in total. The minimum atomic E-state index is -4.43. The van der Waals surface area contributed by atoms with Gasteiger partial charge in [-0.15, -0.1) is 0 Å². The number of ketones is 2. The van der Waals surface area contributed by atoms with E-state index in [-0.39, 0.29) is 17.8 Å². The second-order valence-corrected chi connectivity index (χ2v) is 4.88. The Kier molecular flexibility index (Phi) is 3.64. The summed E-state index contributed by atoms with van der Waals surface area (Å²) in [5.41, 5.74) is -0.160. The van der Waals surface area contributed by atoms with Crippen molar-refractivity contribution >= 4 is 21.7 Å². The van der Waals surface area contributed by atoms with Gasteiger partial charge in [-0.1, -0.05) is 0 Å². The molecule has 0 aliphatic rings. The number of Topliss-reactive ketones (excluding diaryl/α,β-unsaturated/α-hetero) is 2. The fourth-order valence-corrected chi connectivity index (χ4v) is 1.73. The third-order valence-corrected chi connectivity index (χ3v) is 2.83. The minimum Gasteiger partial charge on any atom is -0.507 e. The highest BCUT2D eigenvalue weighted by Crippen LogP contribution is 2.22. The smallest absolute Gasteiger partial charge is 0.294 e. The number of rotatable bonds is 4. The number of hydrogen-bond donors (Lipinski definition) is 2. The topological polar surface area (TPSA) is 109 Å². The molecule has 0 unspecified atom stereocenters. The van der Waals surface area contributed by atoms with Crippen LogP contribution in [0.15, 0.2) is 23.1 Å². The van der Waals surface area contributed by atoms with Crippen LogP contribution in [0.25, 0.3) is 0 Å². The molecule has 0 amide bonds. The molecule has 0 fully saturated rings. The maximum absolute atomic E-state index is 11.4. The second-order valence-electron chi connectivity index (χ2n) is 3.46. The number of aromatic hydroxyl groups is 1. The predicted octanol–water partition coefficient (Wildman–Crippen LogP) is 0.801. The van der Waals surface area contributed by atoms with E-state index in [0.717, 1.165) is 18.2 Å². The number of phenols is 1. The van der Waals surface area contributed by atoms with Crippen molar-refractivity contribution in [3.8, 4) is 5.75 Å². The van der Waals surface area contributed by atoms with Gasteiger partial charge in [0.05, 0.1) is 16.9 Å². The van der Waals surface area contributed by atoms with Crippen LogP contribution in [0.1, 0.15) is 23.7 Å². The van der Waals surface area contributed by atoms with Gasteiger partial charge in [0.1, 0.15) is 11.5 Å². The lowest BCUT2D eigenvalue weighted by atomic mass is 10.1. The van der Waals surface area contributed by atoms with E-state index in [4.69, 9.17) is 4.55 Å². The number of hydrogen-bond acceptors (Lipinski definition) is 5. The Bertz CT molecular complexity index is 572. The lowest BCUT2D eigenvalue weighted by Gasteiger charge is -2.04. The van der Waals surface area contributed by atoms with Crippen molar-refractivity contribution in [1.29, 1.82) is 0 Å². The molecule has 92 valence electrons. The van der Waals surface area contributed by atoms with Crippen molar-refractivity contribution in [2.45, 2.75) is 18.2 Å². The van der Waals surface area contributed by atoms with Crippen LogP contribution in [0.3, 0.4) is 0 Å². The first-order chi connectivity index (χ1) is 7.71. The summed E-state index contributed by atoms with van der Waals surface area (Å²) in [5, 5.41) is 9.43. The third kappa shape index (κ3) is 3.36. The van der Waals surface area contributed by atoms with Gasteiger partial charge in [0, 0.05) is 6.07 Å². The molecule has 2 N–H and O–H groups in total. The number of carbonyl (C=O) groups is 2. The fraction of sp³-hybridized carbons (Fsp3) is 0.200. The van der Waals surface area contributed by atoms with Gasteiger partial charge in [0.2, 0.25) is 0 Å². The summed E-state index contributed by atoms with van der Waals surface area (Å²) in [5.74, 6) is -1.57. The first-order valence-electron chi connectivity index (χ1n) is 4.55. The Balaban J connectivity index is 3.15. The molecule has 1 rings (SSSR count). The molecule has 0 radical (unpaired) electrons. The van der Waals surface area contributed by atoms with Gasteiger partial charge in [-0.25, -0.2) is 0 Å². The molecule has 0 aliphatic carbocycles. The van der Waals surface area contributed by atoms with Crippen LogP contribution in [-0.2, 0) is 14.9 Å². The molecule has 0 spiro atoms. The highest BCUT2D eigenvalue weighted by atomic mass is 32.2. The van der Waals surface area contributed by atoms with Crippen molar-refractivity contribution < 1.29 is 27.7 Å². The average molecular weight is 258 g/mol. The van der Waals surface area contributed by atoms with Crippen molar-refractivity contribution in [2.75, 3.05) is 0 Å². The average Bonchev–Trinajstić information content (AvgIpc) is 2.14. The van der Waals surface area contributed by atoms with Crippen LogP contribution in [0, 0.1) is 0 Å². The van der Waals surface area contributed by atoms with Gasteiger partial charge < -0.3 is 5.11 Å². The van der Waals surface area contributed by atoms with Gasteiger partial charge in [-0.05, 0) is 19.1 Å². The number of benzene rings is 1. The predicted molar refractivity (Wildman–Crippen MR) is 57.5 cm³/mol. The van der Waals surface area contributed by atoms with Crippen molar-refractivity contribution in [1.82, 2.24) is 0 Å². The van der Waals surface area contributed by atoms with E-state index in [1.165, 1.54) is 6.92 Å². The Labute approximate surface area is 97.6 Å². The molecule has 0 saturated carbocycles. The van der Waals surface area contributed by atoms with Crippen LogP contribution >= 0.6 is 0 Å². The maximum Gasteiger partial charge on any atom is 0.294 e. The summed E-state index contributed by atoms with van der Waals surface area (Å²) in [6, 6.07) is 2.77. The molecule has 7 heteroatoms. The normalized spacial score (nSPS) is 11.2. The SMILES string of the molecule is CC(=O)CC(=O)c1ccc(S(=O)(=O)O)cc1O. The number of phenolic OH excluding ortho intramolecular Hbond substituents is 1. The zero-order valence-electron chi connectivity index (χ0n) is 8.87. The van der Waals surface area contributed by atoms with Gasteiger partial charge in [-0.2, -0.15) is 8.42 Å². The number of carbonyl (C=O) groups excluding carboxylic acids is 2. The minimum absolute atomic E-state index is 0.160. The standard InChI is InChI=1S/C10H10O6S/c1-6(11)4-9(12)8-3-2-7(5-10(8)13)17(14,15)16/h2-3,5,13H,4H2,1H3,(H,14,15,16). The molecule has 0 heterocycles. The van der Waals surface area contributed by atoms with E-state index >= 15 is 0 Å². The largest absolute Gasteiger partial charge is 0.507 e. The summed E-state index contributed by atoms with van der Waals surface area (Å²) in [6.07, 6.45) is -0.376. The third-order valence-electron chi connectivity index (χ3n) is 1.98. The molecule has 0 atom stereocenters. The zero-order valence-corrected chi connectivity index (χ0v) is 9.69. The molecule has 0 aliphatic heterocycles. The fourth-order valence-electron chi connectivity index (χ4n) is 1.23. The van der Waals surface area contributed by atoms with E-state index in [2.05, 4.69) is 0 Å². The quantitative estimate of drug-likeness (QED) is 0.469. The van der Waals surface area contributed by atoms with Crippen LogP contribution in [0.4, 0.5) is 0 Å². The molecule has 1 aromatic carbocycles. The Morgan fingerprint density at radius 2 is 1.88 bits per heavy atom. The highest BCUT2D eigenvalue weighted by molar-refractivity contribution is 7.85. The summed E-state index contributed by atoms with van der Waals surface area (Å²) in [7, 11) is -4.43. The van der Waals surface area contributed by atoms with Crippen molar-refractivity contribution in [2.24, 2.45) is 0 Å². The molecular formula is C10H10O6S. The zero-order chi connectivity index (χ0) is 13.2. The van der Waals surface area contributed by atoms with Crippen LogP contribution in [0.2, 0.25) is 0 Å². The van der Waals surface area contributed by atoms with Crippen LogP contribution < -0.4 is 0 Å². The van der Waals surface area contributed by atoms with Gasteiger partial charge in [-0.3, -0.25) is 14.1 Å². The van der Waals surface area contributed by atoms with Gasteiger partial charge >= 0.3 is 0 Å². The van der Waals surface area contributed by atoms with Crippen LogP contribution in [0.5, 0.6) is 5.75 Å². The summed E-state index contributed by atoms with van der Waals surface area (Å²) < 4.78 is 30.2. The first-order valence-corrected chi connectivity index (χ1v) is 5.99. The summed E-state index contributed by atoms with van der Waals surface area (Å²) in [4.78, 5) is 21.7. The van der Waals surface area contributed by atoms with E-state index in [9.17, 15) is 23.1 Å². The maximum atomic E-state index is 11.4. The van der Waals surface area contributed by atoms with E-state index < -0.39 is 26.5 Å². The Hall–Kier alpha value is -1.73. The Morgan fingerprint density at radius 1 is 1.29 bits per heavy atom. The first kappa shape index (κ1) is 13.3. The highest BCUT2D eigenvalue weighted by Gasteiger charge is 2.17. The van der Waals surface area contributed by atoms with E-state index in [0.29, 0.717) is 0 Å². The van der Waals surface area contributed by atoms with Gasteiger partial charge in [0.25, 0.3) is 10.1 Å². The Morgan fingerprint density at radius 3 is 2.29 bits per heavy atom. The second kappa shape index (κ2) is 4.64. The lowest BCUT2D eigenvalue weighted by molar-refractivity contribution is -0.116. The van der Waals surface area contributed by atoms with Crippen molar-refractivity contribution in [3.05, 3.63) is 23.8 Å².